The van der Waals surface area contributed by atoms with Gasteiger partial charge < -0.3 is 9.15 Å². The Bertz CT molecular complexity index is 1420. The van der Waals surface area contributed by atoms with Crippen molar-refractivity contribution in [3.63, 3.8) is 0 Å². The SMILES string of the molecule is CCCCOc1ccc(CN(c2ccc(C#N)c(-c3cc4ccccc4o3)c2)n2cnnc2)cc1. The van der Waals surface area contributed by atoms with Gasteiger partial charge in [0.15, 0.2) is 0 Å². The zero-order valence-electron chi connectivity index (χ0n) is 19.5. The maximum atomic E-state index is 9.76. The molecule has 0 aliphatic heterocycles. The van der Waals surface area contributed by atoms with E-state index in [-0.39, 0.29) is 0 Å². The number of furan rings is 1. The monoisotopic (exact) mass is 463 g/mol. The Morgan fingerprint density at radius 1 is 1.00 bits per heavy atom. The minimum Gasteiger partial charge on any atom is -0.494 e. The number of nitriles is 1. The number of rotatable bonds is 9. The molecule has 0 saturated heterocycles. The van der Waals surface area contributed by atoms with Crippen molar-refractivity contribution in [3.8, 4) is 23.1 Å². The standard InChI is InChI=1S/C28H25N5O2/c1-2-3-14-34-25-12-8-21(9-13-25)18-33(32-19-30-31-20-32)24-11-10-23(17-29)26(16-24)28-15-22-6-4-5-7-27(22)35-28/h4-13,15-16,19-20H,2-3,14,18H2,1H3. The Morgan fingerprint density at radius 2 is 1.80 bits per heavy atom. The summed E-state index contributed by atoms with van der Waals surface area (Å²) in [7, 11) is 0. The van der Waals surface area contributed by atoms with Gasteiger partial charge in [-0.1, -0.05) is 43.7 Å². The van der Waals surface area contributed by atoms with Crippen LogP contribution in [0.1, 0.15) is 30.9 Å². The molecule has 0 N–H and O–H groups in total. The number of unbranched alkanes of at least 4 members (excludes halogenated alkanes) is 1. The zero-order chi connectivity index (χ0) is 24.0. The van der Waals surface area contributed by atoms with E-state index in [2.05, 4.69) is 35.3 Å². The number of anilines is 1. The van der Waals surface area contributed by atoms with Crippen LogP contribution in [-0.4, -0.2) is 21.5 Å². The fourth-order valence-corrected chi connectivity index (χ4v) is 3.93. The van der Waals surface area contributed by atoms with E-state index < -0.39 is 0 Å². The average molecular weight is 464 g/mol. The predicted octanol–water partition coefficient (Wildman–Crippen LogP) is 6.21. The van der Waals surface area contributed by atoms with Crippen LogP contribution in [-0.2, 0) is 6.54 Å². The highest BCUT2D eigenvalue weighted by atomic mass is 16.5. The second-order valence-corrected chi connectivity index (χ2v) is 8.24. The number of hydrogen-bond acceptors (Lipinski definition) is 6. The fourth-order valence-electron chi connectivity index (χ4n) is 3.93. The first-order chi connectivity index (χ1) is 17.2. The van der Waals surface area contributed by atoms with Gasteiger partial charge in [-0.25, -0.2) is 4.68 Å². The van der Waals surface area contributed by atoms with Crippen molar-refractivity contribution >= 4 is 16.7 Å². The first-order valence-corrected chi connectivity index (χ1v) is 11.6. The molecule has 0 fully saturated rings. The van der Waals surface area contributed by atoms with Crippen LogP contribution in [0, 0.1) is 11.3 Å². The molecule has 0 bridgehead atoms. The molecular weight excluding hydrogens is 438 g/mol. The zero-order valence-corrected chi connectivity index (χ0v) is 19.5. The number of fused-ring (bicyclic) bond motifs is 1. The lowest BCUT2D eigenvalue weighted by Gasteiger charge is -2.25. The Labute approximate surface area is 203 Å². The van der Waals surface area contributed by atoms with E-state index in [1.54, 1.807) is 12.7 Å². The van der Waals surface area contributed by atoms with Crippen LogP contribution in [0.4, 0.5) is 5.69 Å². The van der Waals surface area contributed by atoms with Crippen LogP contribution in [0.15, 0.2) is 89.9 Å². The number of nitrogens with zero attached hydrogens (tertiary/aromatic N) is 5. The molecule has 174 valence electrons. The van der Waals surface area contributed by atoms with Crippen LogP contribution in [0.2, 0.25) is 0 Å². The molecule has 7 nitrogen and oxygen atoms in total. The normalized spacial score (nSPS) is 10.9. The number of aromatic nitrogens is 3. The molecule has 2 heterocycles. The Kier molecular flexibility index (Phi) is 6.44. The molecule has 0 amide bonds. The second kappa shape index (κ2) is 10.1. The van der Waals surface area contributed by atoms with E-state index in [1.807, 2.05) is 70.3 Å². The third-order valence-electron chi connectivity index (χ3n) is 5.82. The molecule has 0 saturated carbocycles. The van der Waals surface area contributed by atoms with Gasteiger partial charge in [0.25, 0.3) is 0 Å². The highest BCUT2D eigenvalue weighted by Gasteiger charge is 2.16. The summed E-state index contributed by atoms with van der Waals surface area (Å²) in [5.41, 5.74) is 4.04. The first kappa shape index (κ1) is 22.2. The summed E-state index contributed by atoms with van der Waals surface area (Å²) in [4.78, 5) is 0. The Balaban J connectivity index is 1.48. The third kappa shape index (κ3) is 4.87. The van der Waals surface area contributed by atoms with E-state index in [4.69, 9.17) is 9.15 Å². The molecular formula is C28H25N5O2. The van der Waals surface area contributed by atoms with Crippen molar-refractivity contribution in [2.75, 3.05) is 11.6 Å². The second-order valence-electron chi connectivity index (χ2n) is 8.24. The topological polar surface area (TPSA) is 80.1 Å². The van der Waals surface area contributed by atoms with E-state index in [0.29, 0.717) is 17.9 Å². The Hall–Kier alpha value is -4.57. The van der Waals surface area contributed by atoms with Crippen LogP contribution in [0.5, 0.6) is 5.75 Å². The quantitative estimate of drug-likeness (QED) is 0.242. The van der Waals surface area contributed by atoms with E-state index in [9.17, 15) is 5.26 Å². The van der Waals surface area contributed by atoms with Gasteiger partial charge in [0.2, 0.25) is 0 Å². The van der Waals surface area contributed by atoms with Crippen molar-refractivity contribution < 1.29 is 9.15 Å². The minimum absolute atomic E-state index is 0.546. The Morgan fingerprint density at radius 3 is 2.54 bits per heavy atom. The summed E-state index contributed by atoms with van der Waals surface area (Å²) in [6.07, 6.45) is 5.45. The first-order valence-electron chi connectivity index (χ1n) is 11.6. The van der Waals surface area contributed by atoms with Gasteiger partial charge in [-0.2, -0.15) is 5.26 Å². The predicted molar refractivity (Wildman–Crippen MR) is 135 cm³/mol. The number of para-hydroxylation sites is 1. The van der Waals surface area contributed by atoms with Gasteiger partial charge in [-0.15, -0.1) is 10.2 Å². The van der Waals surface area contributed by atoms with Gasteiger partial charge in [0, 0.05) is 10.9 Å². The van der Waals surface area contributed by atoms with Crippen LogP contribution >= 0.6 is 0 Å². The van der Waals surface area contributed by atoms with Crippen LogP contribution < -0.4 is 9.75 Å². The van der Waals surface area contributed by atoms with Crippen molar-refractivity contribution in [3.05, 3.63) is 96.6 Å². The lowest BCUT2D eigenvalue weighted by Crippen LogP contribution is -2.27. The molecule has 0 unspecified atom stereocenters. The maximum Gasteiger partial charge on any atom is 0.139 e. The van der Waals surface area contributed by atoms with Gasteiger partial charge in [-0.05, 0) is 54.4 Å². The number of hydrogen-bond donors (Lipinski definition) is 0. The summed E-state index contributed by atoms with van der Waals surface area (Å²) in [6, 6.07) is 25.9. The molecule has 0 aliphatic rings. The van der Waals surface area contributed by atoms with Crippen molar-refractivity contribution in [2.45, 2.75) is 26.3 Å². The molecule has 0 aliphatic carbocycles. The highest BCUT2D eigenvalue weighted by Crippen LogP contribution is 2.33. The summed E-state index contributed by atoms with van der Waals surface area (Å²) >= 11 is 0. The van der Waals surface area contributed by atoms with Crippen molar-refractivity contribution in [2.24, 2.45) is 0 Å². The molecule has 0 atom stereocenters. The molecule has 5 aromatic rings. The van der Waals surface area contributed by atoms with Crippen LogP contribution in [0.3, 0.4) is 0 Å². The summed E-state index contributed by atoms with van der Waals surface area (Å²) < 4.78 is 13.7. The summed E-state index contributed by atoms with van der Waals surface area (Å²) in [5, 5.41) is 20.8. The lowest BCUT2D eigenvalue weighted by molar-refractivity contribution is 0.309. The smallest absolute Gasteiger partial charge is 0.139 e. The van der Waals surface area contributed by atoms with Crippen molar-refractivity contribution in [1.82, 2.24) is 14.9 Å². The summed E-state index contributed by atoms with van der Waals surface area (Å²) in [6.45, 7) is 3.44. The lowest BCUT2D eigenvalue weighted by atomic mass is 10.0. The largest absolute Gasteiger partial charge is 0.494 e. The van der Waals surface area contributed by atoms with E-state index >= 15 is 0 Å². The maximum absolute atomic E-state index is 9.76. The van der Waals surface area contributed by atoms with Gasteiger partial charge in [0.1, 0.15) is 29.7 Å². The molecule has 0 spiro atoms. The van der Waals surface area contributed by atoms with Gasteiger partial charge in [0.05, 0.1) is 30.5 Å². The summed E-state index contributed by atoms with van der Waals surface area (Å²) in [5.74, 6) is 1.52. The molecule has 35 heavy (non-hydrogen) atoms. The fraction of sp³-hybridized carbons (Fsp3) is 0.179. The average Bonchev–Trinajstić information content (AvgIpc) is 3.58. The minimum atomic E-state index is 0.546. The number of ether oxygens (including phenoxy) is 1. The van der Waals surface area contributed by atoms with Gasteiger partial charge >= 0.3 is 0 Å². The van der Waals surface area contributed by atoms with E-state index in [1.165, 1.54) is 0 Å². The molecule has 0 radical (unpaired) electrons. The molecule has 5 rings (SSSR count). The number of benzene rings is 3. The third-order valence-corrected chi connectivity index (χ3v) is 5.82. The van der Waals surface area contributed by atoms with Crippen molar-refractivity contribution in [1.29, 1.82) is 5.26 Å². The van der Waals surface area contributed by atoms with E-state index in [0.717, 1.165) is 53.0 Å². The highest BCUT2D eigenvalue weighted by molar-refractivity contribution is 5.84. The van der Waals surface area contributed by atoms with Crippen LogP contribution in [0.25, 0.3) is 22.3 Å². The van der Waals surface area contributed by atoms with Gasteiger partial charge in [-0.3, -0.25) is 5.01 Å². The molecule has 7 heteroatoms. The molecule has 3 aromatic carbocycles. The molecule has 2 aromatic heterocycles.